The first-order valence-electron chi connectivity index (χ1n) is 5.70. The fraction of sp³-hybridized carbons (Fsp3) is 0.417. The molecule has 0 aromatic heterocycles. The van der Waals surface area contributed by atoms with E-state index >= 15 is 0 Å². The molecule has 1 aromatic rings. The van der Waals surface area contributed by atoms with Gasteiger partial charge < -0.3 is 5.43 Å². The molecule has 0 radical (unpaired) electrons. The summed E-state index contributed by atoms with van der Waals surface area (Å²) in [7, 11) is 0. The van der Waals surface area contributed by atoms with E-state index in [1.165, 1.54) is 12.8 Å². The summed E-state index contributed by atoms with van der Waals surface area (Å²) in [5, 5.41) is 1.22. The van der Waals surface area contributed by atoms with Gasteiger partial charge in [-0.05, 0) is 31.0 Å². The lowest BCUT2D eigenvalue weighted by Crippen LogP contribution is -2.32. The van der Waals surface area contributed by atoms with Crippen molar-refractivity contribution in [3.8, 4) is 0 Å². The minimum atomic E-state index is 0.344. The van der Waals surface area contributed by atoms with Crippen LogP contribution in [-0.4, -0.2) is 11.9 Å². The van der Waals surface area contributed by atoms with E-state index in [4.69, 9.17) is 29.0 Å². The Hall–Kier alpha value is -0.770. The average molecular weight is 272 g/mol. The minimum Gasteiger partial charge on any atom is -0.308 e. The Kier molecular flexibility index (Phi) is 4.26. The summed E-state index contributed by atoms with van der Waals surface area (Å²) in [5.74, 6) is 6.13. The number of nitrogens with one attached hydrogen (secondary N) is 1. The summed E-state index contributed by atoms with van der Waals surface area (Å²) in [6.45, 7) is 0. The molecule has 1 aliphatic rings. The summed E-state index contributed by atoms with van der Waals surface area (Å²) < 4.78 is 0. The van der Waals surface area contributed by atoms with E-state index in [1.807, 2.05) is 0 Å². The van der Waals surface area contributed by atoms with Gasteiger partial charge in [0.1, 0.15) is 5.84 Å². The third-order valence-corrected chi connectivity index (χ3v) is 3.52. The summed E-state index contributed by atoms with van der Waals surface area (Å²) in [6.07, 6.45) is 4.69. The second kappa shape index (κ2) is 5.71. The molecule has 0 unspecified atom stereocenters. The molecule has 1 saturated carbocycles. The Labute approximate surface area is 111 Å². The molecule has 92 valence electrons. The first-order valence-corrected chi connectivity index (χ1v) is 6.46. The molecule has 17 heavy (non-hydrogen) atoms. The Morgan fingerprint density at radius 3 is 2.65 bits per heavy atom. The molecule has 0 amide bonds. The number of benzene rings is 1. The lowest BCUT2D eigenvalue weighted by Gasteiger charge is -2.11. The van der Waals surface area contributed by atoms with Crippen molar-refractivity contribution < 1.29 is 0 Å². The van der Waals surface area contributed by atoms with Crippen LogP contribution in [0.4, 0.5) is 0 Å². The van der Waals surface area contributed by atoms with Crippen LogP contribution in [0.1, 0.15) is 31.2 Å². The number of hydrogen-bond acceptors (Lipinski definition) is 2. The van der Waals surface area contributed by atoms with Crippen LogP contribution in [0, 0.1) is 0 Å². The van der Waals surface area contributed by atoms with Gasteiger partial charge in [0.25, 0.3) is 0 Å². The van der Waals surface area contributed by atoms with Crippen molar-refractivity contribution in [1.29, 1.82) is 0 Å². The molecule has 0 bridgehead atoms. The molecule has 1 aliphatic carbocycles. The van der Waals surface area contributed by atoms with Crippen molar-refractivity contribution in [1.82, 2.24) is 5.43 Å². The van der Waals surface area contributed by atoms with Gasteiger partial charge in [-0.3, -0.25) is 4.99 Å². The molecule has 2 rings (SSSR count). The van der Waals surface area contributed by atoms with Crippen molar-refractivity contribution in [2.24, 2.45) is 10.8 Å². The highest BCUT2D eigenvalue weighted by molar-refractivity contribution is 6.36. The van der Waals surface area contributed by atoms with Gasteiger partial charge in [0, 0.05) is 10.6 Å². The number of hydrogen-bond donors (Lipinski definition) is 2. The zero-order chi connectivity index (χ0) is 12.3. The number of rotatable bonds is 2. The van der Waals surface area contributed by atoms with Crippen molar-refractivity contribution in [2.45, 2.75) is 31.7 Å². The quantitative estimate of drug-likeness (QED) is 0.376. The van der Waals surface area contributed by atoms with Gasteiger partial charge in [-0.25, -0.2) is 5.84 Å². The van der Waals surface area contributed by atoms with Crippen LogP contribution in [0.3, 0.4) is 0 Å². The van der Waals surface area contributed by atoms with E-state index in [1.54, 1.807) is 18.2 Å². The maximum Gasteiger partial charge on any atom is 0.144 e. The summed E-state index contributed by atoms with van der Waals surface area (Å²) in [5.41, 5.74) is 3.38. The maximum absolute atomic E-state index is 6.12. The fourth-order valence-electron chi connectivity index (χ4n) is 2.08. The number of nitrogens with two attached hydrogens (primary N) is 1. The molecule has 3 N–H and O–H groups in total. The Morgan fingerprint density at radius 1 is 1.29 bits per heavy atom. The molecule has 3 nitrogen and oxygen atoms in total. The topological polar surface area (TPSA) is 50.4 Å². The van der Waals surface area contributed by atoms with Gasteiger partial charge in [0.05, 0.1) is 11.1 Å². The summed E-state index contributed by atoms with van der Waals surface area (Å²) >= 11 is 12.1. The van der Waals surface area contributed by atoms with Gasteiger partial charge in [0.15, 0.2) is 0 Å². The van der Waals surface area contributed by atoms with Gasteiger partial charge in [-0.1, -0.05) is 36.0 Å². The molecular weight excluding hydrogens is 257 g/mol. The molecule has 0 atom stereocenters. The SMILES string of the molecule is NNC(=NC1CCCC1)c1cc(Cl)ccc1Cl. The minimum absolute atomic E-state index is 0.344. The highest BCUT2D eigenvalue weighted by atomic mass is 35.5. The maximum atomic E-state index is 6.12. The van der Waals surface area contributed by atoms with Crippen LogP contribution < -0.4 is 11.3 Å². The predicted molar refractivity (Wildman–Crippen MR) is 72.6 cm³/mol. The average Bonchev–Trinajstić information content (AvgIpc) is 2.82. The Morgan fingerprint density at radius 2 is 2.00 bits per heavy atom. The number of aliphatic imine (C=N–C) groups is 1. The van der Waals surface area contributed by atoms with E-state index in [-0.39, 0.29) is 0 Å². The monoisotopic (exact) mass is 271 g/mol. The number of halogens is 2. The molecular formula is C12H15Cl2N3. The van der Waals surface area contributed by atoms with E-state index in [2.05, 4.69) is 10.4 Å². The van der Waals surface area contributed by atoms with Crippen LogP contribution in [0.25, 0.3) is 0 Å². The molecule has 0 saturated heterocycles. The number of nitrogens with zero attached hydrogens (tertiary/aromatic N) is 1. The second-order valence-corrected chi connectivity index (χ2v) is 5.03. The Balaban J connectivity index is 2.30. The van der Waals surface area contributed by atoms with E-state index in [0.29, 0.717) is 21.9 Å². The van der Waals surface area contributed by atoms with Crippen molar-refractivity contribution >= 4 is 29.0 Å². The zero-order valence-corrected chi connectivity index (χ0v) is 10.9. The van der Waals surface area contributed by atoms with E-state index < -0.39 is 0 Å². The van der Waals surface area contributed by atoms with Crippen LogP contribution in [0.2, 0.25) is 10.0 Å². The van der Waals surface area contributed by atoms with Crippen molar-refractivity contribution in [3.63, 3.8) is 0 Å². The van der Waals surface area contributed by atoms with E-state index in [0.717, 1.165) is 18.4 Å². The highest BCUT2D eigenvalue weighted by Crippen LogP contribution is 2.24. The number of hydrazine groups is 1. The zero-order valence-electron chi connectivity index (χ0n) is 9.42. The first-order chi connectivity index (χ1) is 8.20. The summed E-state index contributed by atoms with van der Waals surface area (Å²) in [6, 6.07) is 5.62. The van der Waals surface area contributed by atoms with Crippen LogP contribution >= 0.6 is 23.2 Å². The van der Waals surface area contributed by atoms with Crippen LogP contribution in [-0.2, 0) is 0 Å². The van der Waals surface area contributed by atoms with Crippen LogP contribution in [0.15, 0.2) is 23.2 Å². The van der Waals surface area contributed by atoms with Gasteiger partial charge in [-0.15, -0.1) is 0 Å². The first kappa shape index (κ1) is 12.7. The normalized spacial score (nSPS) is 17.5. The smallest absolute Gasteiger partial charge is 0.144 e. The van der Waals surface area contributed by atoms with Crippen LogP contribution in [0.5, 0.6) is 0 Å². The van der Waals surface area contributed by atoms with Gasteiger partial charge >= 0.3 is 0 Å². The molecule has 5 heteroatoms. The third-order valence-electron chi connectivity index (χ3n) is 2.96. The second-order valence-electron chi connectivity index (χ2n) is 4.18. The largest absolute Gasteiger partial charge is 0.308 e. The molecule has 1 fully saturated rings. The molecule has 1 aromatic carbocycles. The van der Waals surface area contributed by atoms with Gasteiger partial charge in [0.2, 0.25) is 0 Å². The molecule has 0 aliphatic heterocycles. The molecule has 0 heterocycles. The number of amidine groups is 1. The standard InChI is InChI=1S/C12H15Cl2N3/c13-8-5-6-11(14)10(7-8)12(17-15)16-9-3-1-2-4-9/h5-7,9H,1-4,15H2,(H,16,17). The predicted octanol–water partition coefficient (Wildman–Crippen LogP) is 3.15. The highest BCUT2D eigenvalue weighted by Gasteiger charge is 2.16. The van der Waals surface area contributed by atoms with Gasteiger partial charge in [-0.2, -0.15) is 0 Å². The summed E-state index contributed by atoms with van der Waals surface area (Å²) in [4.78, 5) is 4.60. The Bertz CT molecular complexity index is 426. The van der Waals surface area contributed by atoms with Crippen molar-refractivity contribution in [2.75, 3.05) is 0 Å². The van der Waals surface area contributed by atoms with E-state index in [9.17, 15) is 0 Å². The fourth-order valence-corrected chi connectivity index (χ4v) is 2.46. The molecule has 0 spiro atoms. The third kappa shape index (κ3) is 3.12. The lowest BCUT2D eigenvalue weighted by atomic mass is 10.2. The van der Waals surface area contributed by atoms with Crippen molar-refractivity contribution in [3.05, 3.63) is 33.8 Å². The lowest BCUT2D eigenvalue weighted by molar-refractivity contribution is 0.701.